The molecule has 0 saturated carbocycles. The minimum Gasteiger partial charge on any atom is -0.370 e. The monoisotopic (exact) mass is 475 g/mol. The Morgan fingerprint density at radius 2 is 1.96 bits per heavy atom. The summed E-state index contributed by atoms with van der Waals surface area (Å²) in [4.78, 5) is 18.2. The fourth-order valence-corrected chi connectivity index (χ4v) is 2.30. The Labute approximate surface area is 175 Å². The highest BCUT2D eigenvalue weighted by Gasteiger charge is 2.24. The van der Waals surface area contributed by atoms with E-state index in [2.05, 4.69) is 58.6 Å². The van der Waals surface area contributed by atoms with Crippen LogP contribution in [0.2, 0.25) is 0 Å². The number of guanidine groups is 1. The van der Waals surface area contributed by atoms with Gasteiger partial charge in [0.15, 0.2) is 5.96 Å². The van der Waals surface area contributed by atoms with E-state index in [1.54, 1.807) is 13.8 Å². The smallest absolute Gasteiger partial charge is 0.224 e. The fraction of sp³-hybridized carbons (Fsp3) is 0.579. The van der Waals surface area contributed by atoms with Gasteiger partial charge in [-0.15, -0.1) is 24.0 Å². The van der Waals surface area contributed by atoms with Crippen molar-refractivity contribution in [2.45, 2.75) is 34.6 Å². The summed E-state index contributed by atoms with van der Waals surface area (Å²) in [6.45, 7) is 13.6. The van der Waals surface area contributed by atoms with Crippen LogP contribution in [0.5, 0.6) is 0 Å². The van der Waals surface area contributed by atoms with Gasteiger partial charge in [0.05, 0.1) is 12.0 Å². The second-order valence-corrected chi connectivity index (χ2v) is 6.79. The van der Waals surface area contributed by atoms with Gasteiger partial charge in [-0.25, -0.2) is 0 Å². The van der Waals surface area contributed by atoms with Crippen LogP contribution in [0.3, 0.4) is 0 Å². The van der Waals surface area contributed by atoms with E-state index in [4.69, 9.17) is 5.73 Å². The van der Waals surface area contributed by atoms with Gasteiger partial charge in [-0.1, -0.05) is 12.1 Å². The van der Waals surface area contributed by atoms with E-state index in [9.17, 15) is 4.79 Å². The van der Waals surface area contributed by atoms with Gasteiger partial charge in [0.2, 0.25) is 5.91 Å². The molecule has 1 aromatic rings. The van der Waals surface area contributed by atoms with E-state index in [0.717, 1.165) is 26.2 Å². The predicted molar refractivity (Wildman–Crippen MR) is 121 cm³/mol. The molecular weight excluding hydrogens is 441 g/mol. The van der Waals surface area contributed by atoms with Crippen molar-refractivity contribution >= 4 is 41.5 Å². The number of nitrogens with one attached hydrogen (secondary N) is 2. The first kappa shape index (κ1) is 24.5. The summed E-state index contributed by atoms with van der Waals surface area (Å²) in [5, 5.41) is 6.53. The molecule has 0 atom stereocenters. The van der Waals surface area contributed by atoms with Crippen LogP contribution in [0, 0.1) is 12.3 Å². The van der Waals surface area contributed by atoms with Gasteiger partial charge in [-0.2, -0.15) is 0 Å². The van der Waals surface area contributed by atoms with E-state index in [-0.39, 0.29) is 29.9 Å². The molecule has 0 bridgehead atoms. The average molecular weight is 475 g/mol. The van der Waals surface area contributed by atoms with Crippen LogP contribution < -0.4 is 21.3 Å². The number of nitrogens with zero attached hydrogens (tertiary/aromatic N) is 2. The van der Waals surface area contributed by atoms with E-state index >= 15 is 0 Å². The van der Waals surface area contributed by atoms with Crippen LogP contribution in [-0.4, -0.2) is 44.6 Å². The molecule has 0 unspecified atom stereocenters. The van der Waals surface area contributed by atoms with Gasteiger partial charge in [0.1, 0.15) is 0 Å². The van der Waals surface area contributed by atoms with E-state index in [1.165, 1.54) is 11.3 Å². The number of benzene rings is 1. The number of nitrogens with two attached hydrogens (primary N) is 1. The van der Waals surface area contributed by atoms with Gasteiger partial charge in [-0.3, -0.25) is 9.79 Å². The van der Waals surface area contributed by atoms with Crippen molar-refractivity contribution in [2.75, 3.05) is 37.6 Å². The molecule has 6 nitrogen and oxygen atoms in total. The molecule has 1 rings (SSSR count). The van der Waals surface area contributed by atoms with E-state index < -0.39 is 5.41 Å². The highest BCUT2D eigenvalue weighted by atomic mass is 127. The van der Waals surface area contributed by atoms with Gasteiger partial charge in [0.25, 0.3) is 0 Å². The molecule has 0 aromatic heterocycles. The lowest BCUT2D eigenvalue weighted by Crippen LogP contribution is -2.43. The molecule has 1 aromatic carbocycles. The lowest BCUT2D eigenvalue weighted by atomic mass is 9.93. The largest absolute Gasteiger partial charge is 0.370 e. The summed E-state index contributed by atoms with van der Waals surface area (Å²) < 4.78 is 0. The van der Waals surface area contributed by atoms with Crippen LogP contribution in [0.15, 0.2) is 29.3 Å². The number of likely N-dealkylation sites (N-methyl/N-ethyl adjacent to an activating group) is 1. The van der Waals surface area contributed by atoms with Gasteiger partial charge >= 0.3 is 0 Å². The predicted octanol–water partition coefficient (Wildman–Crippen LogP) is 2.51. The number of hydrogen-bond donors (Lipinski definition) is 3. The molecule has 1 amide bonds. The number of anilines is 1. The fourth-order valence-electron chi connectivity index (χ4n) is 2.30. The van der Waals surface area contributed by atoms with Crippen molar-refractivity contribution in [3.8, 4) is 0 Å². The third-order valence-electron chi connectivity index (χ3n) is 4.07. The Bertz CT molecular complexity index is 589. The lowest BCUT2D eigenvalue weighted by molar-refractivity contribution is -0.125. The third-order valence-corrected chi connectivity index (χ3v) is 4.07. The number of aliphatic imine (C=N–C) groups is 1. The SMILES string of the molecule is CCNC(=NCC(C)(C)C(N)=O)NCCN(CC)c1cccc(C)c1.I. The molecule has 0 fully saturated rings. The zero-order valence-electron chi connectivity index (χ0n) is 16.6. The van der Waals surface area contributed by atoms with Crippen molar-refractivity contribution in [3.05, 3.63) is 29.8 Å². The number of carbonyl (C=O) groups is 1. The summed E-state index contributed by atoms with van der Waals surface area (Å²) >= 11 is 0. The topological polar surface area (TPSA) is 82.7 Å². The number of carbonyl (C=O) groups excluding carboxylic acids is 1. The van der Waals surface area contributed by atoms with E-state index in [1.807, 2.05) is 6.92 Å². The molecule has 0 heterocycles. The molecule has 0 saturated heterocycles. The number of halogens is 1. The first-order valence-corrected chi connectivity index (χ1v) is 8.93. The Morgan fingerprint density at radius 3 is 2.50 bits per heavy atom. The molecule has 0 radical (unpaired) electrons. The van der Waals surface area contributed by atoms with Crippen LogP contribution in [0.25, 0.3) is 0 Å². The second-order valence-electron chi connectivity index (χ2n) is 6.79. The van der Waals surface area contributed by atoms with Gasteiger partial charge in [-0.05, 0) is 52.3 Å². The number of aryl methyl sites for hydroxylation is 1. The Hall–Kier alpha value is -1.51. The maximum atomic E-state index is 11.4. The van der Waals surface area contributed by atoms with Crippen molar-refractivity contribution in [1.29, 1.82) is 0 Å². The molecule has 7 heteroatoms. The van der Waals surface area contributed by atoms with Crippen molar-refractivity contribution in [2.24, 2.45) is 16.1 Å². The van der Waals surface area contributed by atoms with Crippen molar-refractivity contribution < 1.29 is 4.79 Å². The summed E-state index contributed by atoms with van der Waals surface area (Å²) in [6.07, 6.45) is 0. The molecule has 4 N–H and O–H groups in total. The molecule has 0 aliphatic heterocycles. The van der Waals surface area contributed by atoms with Crippen LogP contribution in [0.4, 0.5) is 5.69 Å². The maximum Gasteiger partial charge on any atom is 0.224 e. The highest BCUT2D eigenvalue weighted by molar-refractivity contribution is 14.0. The highest BCUT2D eigenvalue weighted by Crippen LogP contribution is 2.15. The standard InChI is InChI=1S/C19H33N5O.HI/c1-6-21-18(23-14-19(4,5)17(20)25)22-11-12-24(7-2)16-10-8-9-15(3)13-16;/h8-10,13H,6-7,11-12,14H2,1-5H3,(H2,20,25)(H2,21,22,23);1H. The summed E-state index contributed by atoms with van der Waals surface area (Å²) in [5.74, 6) is 0.362. The number of primary amides is 1. The summed E-state index contributed by atoms with van der Waals surface area (Å²) in [7, 11) is 0. The second kappa shape index (κ2) is 12.0. The molecule has 26 heavy (non-hydrogen) atoms. The number of amides is 1. The Morgan fingerprint density at radius 1 is 1.27 bits per heavy atom. The first-order valence-electron chi connectivity index (χ1n) is 8.93. The molecular formula is C19H34IN5O. The Kier molecular flexibility index (Phi) is 11.3. The zero-order valence-corrected chi connectivity index (χ0v) is 19.0. The lowest BCUT2D eigenvalue weighted by Gasteiger charge is -2.24. The molecule has 148 valence electrons. The quantitative estimate of drug-likeness (QED) is 0.291. The molecule has 0 aliphatic rings. The summed E-state index contributed by atoms with van der Waals surface area (Å²) in [5.41, 5.74) is 7.24. The van der Waals surface area contributed by atoms with Gasteiger partial charge < -0.3 is 21.3 Å². The van der Waals surface area contributed by atoms with Crippen LogP contribution in [-0.2, 0) is 4.79 Å². The normalized spacial score (nSPS) is 11.5. The van der Waals surface area contributed by atoms with Crippen molar-refractivity contribution in [1.82, 2.24) is 10.6 Å². The minimum atomic E-state index is -0.653. The van der Waals surface area contributed by atoms with E-state index in [0.29, 0.717) is 12.5 Å². The first-order chi connectivity index (χ1) is 11.8. The zero-order chi connectivity index (χ0) is 18.9. The Balaban J connectivity index is 0.00000625. The van der Waals surface area contributed by atoms with Gasteiger partial charge in [0, 0.05) is 31.9 Å². The van der Waals surface area contributed by atoms with Crippen LogP contribution >= 0.6 is 24.0 Å². The van der Waals surface area contributed by atoms with Crippen LogP contribution in [0.1, 0.15) is 33.3 Å². The third kappa shape index (κ3) is 8.25. The minimum absolute atomic E-state index is 0. The summed E-state index contributed by atoms with van der Waals surface area (Å²) in [6, 6.07) is 8.51. The maximum absolute atomic E-state index is 11.4. The average Bonchev–Trinajstić information content (AvgIpc) is 2.56. The van der Waals surface area contributed by atoms with Crippen molar-refractivity contribution in [3.63, 3.8) is 0 Å². The molecule has 0 spiro atoms. The number of hydrogen-bond acceptors (Lipinski definition) is 3. The number of rotatable bonds is 9. The molecule has 0 aliphatic carbocycles.